The summed E-state index contributed by atoms with van der Waals surface area (Å²) in [7, 11) is 3.19. The van der Waals surface area contributed by atoms with Crippen LogP contribution in [-0.2, 0) is 4.74 Å². The maximum Gasteiger partial charge on any atom is 0.287 e. The van der Waals surface area contributed by atoms with Gasteiger partial charge < -0.3 is 9.64 Å². The van der Waals surface area contributed by atoms with Crippen molar-refractivity contribution < 1.29 is 9.53 Å². The summed E-state index contributed by atoms with van der Waals surface area (Å²) in [6.45, 7) is 2.63. The lowest BCUT2D eigenvalue weighted by atomic mass is 10.3. The molecule has 0 atom stereocenters. The molecule has 1 amide bonds. The van der Waals surface area contributed by atoms with Crippen molar-refractivity contribution in [3.63, 3.8) is 0 Å². The molecular formula is C14H14N2O2S3. The third-order valence-electron chi connectivity index (χ3n) is 2.90. The number of nitrogens with zero attached hydrogens (tertiary/aromatic N) is 2. The van der Waals surface area contributed by atoms with Crippen LogP contribution in [0.2, 0.25) is 0 Å². The average molecular weight is 338 g/mol. The van der Waals surface area contributed by atoms with Crippen LogP contribution in [0.5, 0.6) is 0 Å². The van der Waals surface area contributed by atoms with Gasteiger partial charge in [-0.2, -0.15) is 0 Å². The molecule has 110 valence electrons. The number of rotatable bonds is 2. The van der Waals surface area contributed by atoms with Crippen LogP contribution >= 0.6 is 32.4 Å². The lowest BCUT2D eigenvalue weighted by Gasteiger charge is -2.25. The second-order valence-corrected chi connectivity index (χ2v) is 7.83. The first-order valence-corrected chi connectivity index (χ1v) is 9.52. The molecule has 1 fully saturated rings. The van der Waals surface area contributed by atoms with Crippen LogP contribution in [0.1, 0.15) is 0 Å². The van der Waals surface area contributed by atoms with E-state index in [0.29, 0.717) is 26.3 Å². The highest BCUT2D eigenvalue weighted by Crippen LogP contribution is 2.27. The lowest BCUT2D eigenvalue weighted by molar-refractivity contribution is 0.0593. The number of hydrogen-bond donors (Lipinski definition) is 0. The van der Waals surface area contributed by atoms with Crippen molar-refractivity contribution >= 4 is 43.4 Å². The fourth-order valence-electron chi connectivity index (χ4n) is 1.86. The molecule has 0 N–H and O–H groups in total. The molecule has 4 nitrogen and oxygen atoms in total. The Morgan fingerprint density at radius 2 is 1.95 bits per heavy atom. The van der Waals surface area contributed by atoms with Crippen molar-refractivity contribution in [3.05, 3.63) is 41.1 Å². The summed E-state index contributed by atoms with van der Waals surface area (Å²) in [5.41, 5.74) is 0.933. The minimum absolute atomic E-state index is 0.0959. The van der Waals surface area contributed by atoms with E-state index < -0.39 is 0 Å². The van der Waals surface area contributed by atoms with Gasteiger partial charge in [0.05, 0.1) is 23.1 Å². The van der Waals surface area contributed by atoms with E-state index in [1.165, 1.54) is 11.8 Å². The summed E-state index contributed by atoms with van der Waals surface area (Å²) in [5, 5.41) is 0.0959. The van der Waals surface area contributed by atoms with E-state index in [1.54, 1.807) is 20.7 Å². The largest absolute Gasteiger partial charge is 0.378 e. The number of ether oxygens (including phenoxy) is 1. The van der Waals surface area contributed by atoms with Crippen molar-refractivity contribution in [2.75, 3.05) is 26.3 Å². The van der Waals surface area contributed by atoms with Crippen molar-refractivity contribution in [2.24, 2.45) is 4.99 Å². The Bertz CT molecular complexity index is 660. The number of para-hydroxylation sites is 1. The Labute approximate surface area is 134 Å². The third-order valence-corrected chi connectivity index (χ3v) is 6.52. The average Bonchev–Trinajstić information content (AvgIpc) is 2.96. The molecule has 1 aromatic heterocycles. The smallest absolute Gasteiger partial charge is 0.287 e. The predicted molar refractivity (Wildman–Crippen MR) is 87.5 cm³/mol. The van der Waals surface area contributed by atoms with Crippen LogP contribution in [0.25, 0.3) is 0 Å². The van der Waals surface area contributed by atoms with E-state index in [9.17, 15) is 4.79 Å². The van der Waals surface area contributed by atoms with Crippen molar-refractivity contribution in [1.82, 2.24) is 4.90 Å². The second-order valence-electron chi connectivity index (χ2n) is 4.38. The highest BCUT2D eigenvalue weighted by Gasteiger charge is 2.18. The van der Waals surface area contributed by atoms with Gasteiger partial charge in [0.15, 0.2) is 0 Å². The zero-order valence-electron chi connectivity index (χ0n) is 11.2. The highest BCUT2D eigenvalue weighted by atomic mass is 32.9. The van der Waals surface area contributed by atoms with Gasteiger partial charge >= 0.3 is 0 Å². The maximum absolute atomic E-state index is 12.1. The zero-order valence-corrected chi connectivity index (χ0v) is 13.7. The van der Waals surface area contributed by atoms with Crippen LogP contribution in [0, 0.1) is 0 Å². The Balaban J connectivity index is 1.67. The van der Waals surface area contributed by atoms with Gasteiger partial charge in [-0.1, -0.05) is 38.9 Å². The summed E-state index contributed by atoms with van der Waals surface area (Å²) in [6.07, 6.45) is 0. The van der Waals surface area contributed by atoms with Crippen LogP contribution in [-0.4, -0.2) is 36.4 Å². The number of carbonyl (C=O) groups excluding carboxylic acids is 1. The summed E-state index contributed by atoms with van der Waals surface area (Å²) >= 11 is 1.28. The Morgan fingerprint density at radius 3 is 2.71 bits per heavy atom. The first-order valence-electron chi connectivity index (χ1n) is 6.56. The lowest BCUT2D eigenvalue weighted by Crippen LogP contribution is -2.38. The summed E-state index contributed by atoms with van der Waals surface area (Å²) in [6, 6.07) is 11.8. The van der Waals surface area contributed by atoms with Gasteiger partial charge in [-0.05, 0) is 30.0 Å². The summed E-state index contributed by atoms with van der Waals surface area (Å²) in [5.74, 6) is 0. The fraction of sp³-hybridized carbons (Fsp3) is 0.286. The van der Waals surface area contributed by atoms with Gasteiger partial charge in [0.2, 0.25) is 0 Å². The number of amides is 1. The Kier molecular flexibility index (Phi) is 5.08. The normalized spacial score (nSPS) is 16.2. The topological polar surface area (TPSA) is 41.9 Å². The van der Waals surface area contributed by atoms with Gasteiger partial charge in [0.25, 0.3) is 5.24 Å². The predicted octanol–water partition coefficient (Wildman–Crippen LogP) is 3.59. The van der Waals surface area contributed by atoms with Crippen molar-refractivity contribution in [2.45, 2.75) is 4.21 Å². The second kappa shape index (κ2) is 7.22. The number of morpholine rings is 1. The molecule has 2 aromatic rings. The van der Waals surface area contributed by atoms with Gasteiger partial charge in [-0.15, -0.1) is 0 Å². The molecule has 1 aliphatic rings. The quantitative estimate of drug-likeness (QED) is 0.621. The molecule has 0 saturated carbocycles. The monoisotopic (exact) mass is 338 g/mol. The van der Waals surface area contributed by atoms with E-state index >= 15 is 0 Å². The zero-order chi connectivity index (χ0) is 14.5. The van der Waals surface area contributed by atoms with Gasteiger partial charge in [-0.3, -0.25) is 4.79 Å². The molecule has 7 heteroatoms. The van der Waals surface area contributed by atoms with E-state index in [1.807, 2.05) is 41.3 Å². The van der Waals surface area contributed by atoms with Gasteiger partial charge in [0, 0.05) is 13.1 Å². The highest BCUT2D eigenvalue weighted by molar-refractivity contribution is 8.15. The molecule has 0 spiro atoms. The molecule has 3 rings (SSSR count). The van der Waals surface area contributed by atoms with E-state index in [4.69, 9.17) is 4.74 Å². The third kappa shape index (κ3) is 4.16. The first kappa shape index (κ1) is 14.8. The van der Waals surface area contributed by atoms with Crippen molar-refractivity contribution in [1.29, 1.82) is 0 Å². The maximum atomic E-state index is 12.1. The SMILES string of the molecule is O=C(Sc1c/c(=N/c2ccccc2)ss1)N1CCOCC1. The fourth-order valence-corrected chi connectivity index (χ4v) is 5.16. The molecule has 2 heterocycles. The van der Waals surface area contributed by atoms with Gasteiger partial charge in [-0.25, -0.2) is 4.99 Å². The van der Waals surface area contributed by atoms with Crippen molar-refractivity contribution in [3.8, 4) is 0 Å². The molecular weight excluding hydrogens is 324 g/mol. The summed E-state index contributed by atoms with van der Waals surface area (Å²) in [4.78, 5) is 18.5. The standard InChI is InChI=1S/C14H14N2O2S3/c17-14(16-6-8-18-9-7-16)19-13-10-12(20-21-13)15-11-4-2-1-3-5-11/h1-5,10H,6-9H2/b15-12-. The number of hydrogen-bond acceptors (Lipinski definition) is 6. The molecule has 1 saturated heterocycles. The minimum atomic E-state index is 0.0959. The molecule has 1 aliphatic heterocycles. The molecule has 0 radical (unpaired) electrons. The molecule has 0 bridgehead atoms. The van der Waals surface area contributed by atoms with E-state index in [2.05, 4.69) is 4.99 Å². The molecule has 1 aromatic carbocycles. The van der Waals surface area contributed by atoms with Crippen LogP contribution < -0.4 is 4.67 Å². The number of carbonyl (C=O) groups is 1. The first-order chi connectivity index (χ1) is 10.3. The van der Waals surface area contributed by atoms with Gasteiger partial charge in [0.1, 0.15) is 4.67 Å². The number of thioether (sulfide) groups is 1. The summed E-state index contributed by atoms with van der Waals surface area (Å²) < 4.78 is 7.18. The molecule has 21 heavy (non-hydrogen) atoms. The number of benzene rings is 1. The van der Waals surface area contributed by atoms with Crippen LogP contribution in [0.3, 0.4) is 0 Å². The van der Waals surface area contributed by atoms with Crippen LogP contribution in [0.15, 0.2) is 45.6 Å². The van der Waals surface area contributed by atoms with E-state index in [0.717, 1.165) is 14.6 Å². The van der Waals surface area contributed by atoms with Crippen LogP contribution in [0.4, 0.5) is 10.5 Å². The molecule has 0 aliphatic carbocycles. The minimum Gasteiger partial charge on any atom is -0.378 e. The van der Waals surface area contributed by atoms with E-state index in [-0.39, 0.29) is 5.24 Å². The molecule has 0 unspecified atom stereocenters. The Morgan fingerprint density at radius 1 is 1.19 bits per heavy atom. The Hall–Kier alpha value is -1.15.